The predicted octanol–water partition coefficient (Wildman–Crippen LogP) is 5.11. The molecule has 0 saturated heterocycles. The van der Waals surface area contributed by atoms with E-state index in [1.807, 2.05) is 42.5 Å². The Morgan fingerprint density at radius 1 is 1.22 bits per heavy atom. The molecule has 1 aliphatic carbocycles. The lowest BCUT2D eigenvalue weighted by atomic mass is 9.74. The molecule has 1 aromatic heterocycles. The number of rotatable bonds is 4. The molecule has 2 N–H and O–H groups in total. The van der Waals surface area contributed by atoms with Gasteiger partial charge in [0, 0.05) is 17.7 Å². The zero-order valence-corrected chi connectivity index (χ0v) is 19.2. The Balaban J connectivity index is 1.75. The number of nitrogens with zero attached hydrogens (tertiary/aromatic N) is 4. The fourth-order valence-corrected chi connectivity index (χ4v) is 6.37. The maximum absolute atomic E-state index is 13.3. The summed E-state index contributed by atoms with van der Waals surface area (Å²) in [6.45, 7) is 2.06. The Labute approximate surface area is 194 Å². The van der Waals surface area contributed by atoms with Crippen LogP contribution in [0.4, 0.5) is 5.13 Å². The number of nitriles is 1. The van der Waals surface area contributed by atoms with Gasteiger partial charge in [-0.3, -0.25) is 9.69 Å². The van der Waals surface area contributed by atoms with Crippen LogP contribution in [0.5, 0.6) is 0 Å². The molecular formula is C24H21N5OS2. The summed E-state index contributed by atoms with van der Waals surface area (Å²) in [6.07, 6.45) is 1.93. The summed E-state index contributed by atoms with van der Waals surface area (Å²) in [6, 6.07) is 16.4. The van der Waals surface area contributed by atoms with Gasteiger partial charge in [-0.1, -0.05) is 72.5 Å². The standard InChI is InChI=1S/C24H21N5OS2/c1-2-31-24-28-27-23(32-24)29-18-11-6-12-19(30)21(18)20(17(13-25)22(29)26)16-10-5-8-14-7-3-4-9-15(14)16/h3-5,7-10,20H,2,6,11-12,26H2,1H3. The molecule has 0 radical (unpaired) electrons. The van der Waals surface area contributed by atoms with Crippen LogP contribution in [-0.2, 0) is 4.79 Å². The minimum Gasteiger partial charge on any atom is -0.384 e. The summed E-state index contributed by atoms with van der Waals surface area (Å²) < 4.78 is 0.842. The topological polar surface area (TPSA) is 95.9 Å². The quantitative estimate of drug-likeness (QED) is 0.542. The third-order valence-electron chi connectivity index (χ3n) is 5.90. The fraction of sp³-hybridized carbons (Fsp3) is 0.250. The van der Waals surface area contributed by atoms with E-state index in [1.54, 1.807) is 16.7 Å². The van der Waals surface area contributed by atoms with E-state index in [1.165, 1.54) is 11.3 Å². The zero-order chi connectivity index (χ0) is 22.2. The van der Waals surface area contributed by atoms with Crippen LogP contribution in [0.15, 0.2) is 69.5 Å². The van der Waals surface area contributed by atoms with Gasteiger partial charge >= 0.3 is 0 Å². The third kappa shape index (κ3) is 3.29. The second-order valence-electron chi connectivity index (χ2n) is 7.67. The van der Waals surface area contributed by atoms with Crippen molar-refractivity contribution in [3.8, 4) is 6.07 Å². The Bertz CT molecular complexity index is 1330. The number of ketones is 1. The van der Waals surface area contributed by atoms with Gasteiger partial charge in [-0.05, 0) is 34.9 Å². The molecule has 2 aliphatic rings. The molecule has 0 amide bonds. The van der Waals surface area contributed by atoms with E-state index >= 15 is 0 Å². The van der Waals surface area contributed by atoms with Crippen molar-refractivity contribution >= 4 is 44.8 Å². The van der Waals surface area contributed by atoms with Crippen LogP contribution in [0.1, 0.15) is 37.7 Å². The average Bonchev–Trinajstić information content (AvgIpc) is 3.26. The van der Waals surface area contributed by atoms with Gasteiger partial charge < -0.3 is 5.73 Å². The molecule has 160 valence electrons. The van der Waals surface area contributed by atoms with Crippen molar-refractivity contribution in [2.24, 2.45) is 5.73 Å². The fourth-order valence-electron chi connectivity index (χ4n) is 4.59. The Morgan fingerprint density at radius 2 is 2.03 bits per heavy atom. The lowest BCUT2D eigenvalue weighted by Crippen LogP contribution is -2.38. The van der Waals surface area contributed by atoms with Crippen molar-refractivity contribution < 1.29 is 4.79 Å². The van der Waals surface area contributed by atoms with Crippen LogP contribution in [0, 0.1) is 11.3 Å². The first kappa shape index (κ1) is 20.7. The Hall–Kier alpha value is -3.15. The molecule has 1 unspecified atom stereocenters. The molecule has 5 rings (SSSR count). The molecule has 0 saturated carbocycles. The molecule has 32 heavy (non-hydrogen) atoms. The highest BCUT2D eigenvalue weighted by molar-refractivity contribution is 8.01. The number of nitrogens with two attached hydrogens (primary N) is 1. The van der Waals surface area contributed by atoms with Crippen LogP contribution in [0.3, 0.4) is 0 Å². The molecular weight excluding hydrogens is 438 g/mol. The largest absolute Gasteiger partial charge is 0.384 e. The summed E-state index contributed by atoms with van der Waals surface area (Å²) in [4.78, 5) is 15.1. The van der Waals surface area contributed by atoms with E-state index < -0.39 is 5.92 Å². The van der Waals surface area contributed by atoms with Gasteiger partial charge in [-0.2, -0.15) is 5.26 Å². The van der Waals surface area contributed by atoms with Gasteiger partial charge in [0.2, 0.25) is 5.13 Å². The normalized spacial score (nSPS) is 18.8. The predicted molar refractivity (Wildman–Crippen MR) is 128 cm³/mol. The van der Waals surface area contributed by atoms with E-state index in [-0.39, 0.29) is 5.78 Å². The number of aromatic nitrogens is 2. The number of allylic oxidation sites excluding steroid dienone is 3. The number of hydrogen-bond acceptors (Lipinski definition) is 8. The highest BCUT2D eigenvalue weighted by Crippen LogP contribution is 2.48. The molecule has 3 aromatic rings. The first-order valence-electron chi connectivity index (χ1n) is 10.5. The van der Waals surface area contributed by atoms with Crippen molar-refractivity contribution in [3.63, 3.8) is 0 Å². The van der Waals surface area contributed by atoms with E-state index in [0.29, 0.717) is 34.9 Å². The lowest BCUT2D eigenvalue weighted by Gasteiger charge is -2.38. The number of hydrogen-bond donors (Lipinski definition) is 1. The van der Waals surface area contributed by atoms with Gasteiger partial charge in [0.05, 0.1) is 17.6 Å². The van der Waals surface area contributed by atoms with Crippen LogP contribution in [0.2, 0.25) is 0 Å². The highest BCUT2D eigenvalue weighted by Gasteiger charge is 2.41. The molecule has 2 heterocycles. The number of benzene rings is 2. The van der Waals surface area contributed by atoms with Gasteiger partial charge in [0.15, 0.2) is 10.1 Å². The van der Waals surface area contributed by atoms with Crippen molar-refractivity contribution in [3.05, 3.63) is 70.7 Å². The SMILES string of the molecule is CCSc1nnc(N2C(N)=C(C#N)C(c3cccc4ccccc34)C3=C2CCCC3=O)s1. The number of thioether (sulfide) groups is 1. The van der Waals surface area contributed by atoms with Crippen molar-refractivity contribution in [1.29, 1.82) is 5.26 Å². The summed E-state index contributed by atoms with van der Waals surface area (Å²) in [5.74, 6) is 0.812. The number of fused-ring (bicyclic) bond motifs is 1. The molecule has 0 bridgehead atoms. The molecule has 1 aliphatic heterocycles. The molecule has 0 spiro atoms. The molecule has 2 aromatic carbocycles. The summed E-state index contributed by atoms with van der Waals surface area (Å²) in [5.41, 5.74) is 9.47. The van der Waals surface area contributed by atoms with Crippen LogP contribution >= 0.6 is 23.1 Å². The minimum atomic E-state index is -0.484. The van der Waals surface area contributed by atoms with Crippen LogP contribution < -0.4 is 10.6 Å². The van der Waals surface area contributed by atoms with Gasteiger partial charge in [-0.15, -0.1) is 10.2 Å². The number of carbonyl (C=O) groups excluding carboxylic acids is 1. The smallest absolute Gasteiger partial charge is 0.219 e. The zero-order valence-electron chi connectivity index (χ0n) is 17.5. The van der Waals surface area contributed by atoms with Gasteiger partial charge in [0.25, 0.3) is 0 Å². The monoisotopic (exact) mass is 459 g/mol. The number of Topliss-reactive ketones (excluding diaryl/α,β-unsaturated/α-hetero) is 1. The Morgan fingerprint density at radius 3 is 2.84 bits per heavy atom. The first-order chi connectivity index (χ1) is 15.6. The van der Waals surface area contributed by atoms with Crippen LogP contribution in [-0.4, -0.2) is 21.7 Å². The number of carbonyl (C=O) groups is 1. The van der Waals surface area contributed by atoms with Gasteiger partial charge in [0.1, 0.15) is 5.82 Å². The van der Waals surface area contributed by atoms with Crippen LogP contribution in [0.25, 0.3) is 10.8 Å². The summed E-state index contributed by atoms with van der Waals surface area (Å²) >= 11 is 3.04. The van der Waals surface area contributed by atoms with E-state index in [0.717, 1.165) is 38.5 Å². The average molecular weight is 460 g/mol. The summed E-state index contributed by atoms with van der Waals surface area (Å²) in [7, 11) is 0. The second-order valence-corrected chi connectivity index (χ2v) is 10.1. The maximum atomic E-state index is 13.3. The van der Waals surface area contributed by atoms with Crippen molar-refractivity contribution in [2.75, 3.05) is 10.7 Å². The molecule has 8 heteroatoms. The summed E-state index contributed by atoms with van der Waals surface area (Å²) in [5, 5.41) is 21.5. The van der Waals surface area contributed by atoms with E-state index in [2.05, 4.69) is 23.2 Å². The van der Waals surface area contributed by atoms with Crippen molar-refractivity contribution in [2.45, 2.75) is 36.4 Å². The van der Waals surface area contributed by atoms with E-state index in [4.69, 9.17) is 5.73 Å². The minimum absolute atomic E-state index is 0.0714. The lowest BCUT2D eigenvalue weighted by molar-refractivity contribution is -0.116. The second kappa shape index (κ2) is 8.41. The third-order valence-corrected chi connectivity index (χ3v) is 7.83. The van der Waals surface area contributed by atoms with Crippen molar-refractivity contribution in [1.82, 2.24) is 10.2 Å². The Kier molecular flexibility index (Phi) is 5.45. The maximum Gasteiger partial charge on any atom is 0.219 e. The van der Waals surface area contributed by atoms with E-state index in [9.17, 15) is 10.1 Å². The first-order valence-corrected chi connectivity index (χ1v) is 12.3. The van der Waals surface area contributed by atoms with Gasteiger partial charge in [-0.25, -0.2) is 0 Å². The number of anilines is 1. The molecule has 0 fully saturated rings. The highest BCUT2D eigenvalue weighted by atomic mass is 32.2. The molecule has 1 atom stereocenters. The molecule has 6 nitrogen and oxygen atoms in total.